The van der Waals surface area contributed by atoms with E-state index >= 15 is 0 Å². The van der Waals surface area contributed by atoms with Gasteiger partial charge in [-0.15, -0.1) is 11.3 Å². The number of hydrogen-bond donors (Lipinski definition) is 1. The molecule has 5 heteroatoms. The van der Waals surface area contributed by atoms with Gasteiger partial charge in [-0.25, -0.2) is 9.37 Å². The van der Waals surface area contributed by atoms with E-state index in [1.165, 1.54) is 23.5 Å². The molecule has 0 aliphatic carbocycles. The van der Waals surface area contributed by atoms with Gasteiger partial charge >= 0.3 is 0 Å². The Balaban J connectivity index is 2.25. The van der Waals surface area contributed by atoms with Gasteiger partial charge < -0.3 is 5.73 Å². The standard InChI is InChI=1S/C10H8ClFN2S/c11-9-8(15-10(13)14-9)5-6-2-1-3-7(12)4-6/h1-4H,5H2,(H2,13,14). The first-order valence-electron chi connectivity index (χ1n) is 4.30. The maximum Gasteiger partial charge on any atom is 0.181 e. The number of hydrogen-bond acceptors (Lipinski definition) is 3. The summed E-state index contributed by atoms with van der Waals surface area (Å²) in [7, 11) is 0. The van der Waals surface area contributed by atoms with Gasteiger partial charge in [0.05, 0.1) is 0 Å². The SMILES string of the molecule is Nc1nc(Cl)c(Cc2cccc(F)c2)s1. The lowest BCUT2D eigenvalue weighted by molar-refractivity contribution is 0.626. The smallest absolute Gasteiger partial charge is 0.181 e. The van der Waals surface area contributed by atoms with E-state index in [2.05, 4.69) is 4.98 Å². The van der Waals surface area contributed by atoms with E-state index in [1.54, 1.807) is 6.07 Å². The molecule has 0 aliphatic rings. The van der Waals surface area contributed by atoms with Crippen LogP contribution < -0.4 is 5.73 Å². The molecule has 1 heterocycles. The number of nitrogens with two attached hydrogens (primary N) is 1. The fourth-order valence-electron chi connectivity index (χ4n) is 1.29. The van der Waals surface area contributed by atoms with E-state index in [1.807, 2.05) is 6.07 Å². The number of aromatic nitrogens is 1. The number of nitrogen functional groups attached to an aromatic ring is 1. The van der Waals surface area contributed by atoms with Crippen molar-refractivity contribution in [2.75, 3.05) is 5.73 Å². The van der Waals surface area contributed by atoms with Crippen LogP contribution in [0.2, 0.25) is 5.15 Å². The topological polar surface area (TPSA) is 38.9 Å². The highest BCUT2D eigenvalue weighted by molar-refractivity contribution is 7.15. The van der Waals surface area contributed by atoms with Gasteiger partial charge in [-0.1, -0.05) is 23.7 Å². The fourth-order valence-corrected chi connectivity index (χ4v) is 2.37. The molecule has 0 unspecified atom stereocenters. The molecule has 78 valence electrons. The summed E-state index contributed by atoms with van der Waals surface area (Å²) in [5, 5.41) is 0.841. The molecule has 0 aliphatic heterocycles. The Labute approximate surface area is 95.5 Å². The van der Waals surface area contributed by atoms with Gasteiger partial charge in [-0.05, 0) is 17.7 Å². The predicted molar refractivity (Wildman–Crippen MR) is 60.7 cm³/mol. The minimum Gasteiger partial charge on any atom is -0.375 e. The maximum absolute atomic E-state index is 12.9. The van der Waals surface area contributed by atoms with Crippen molar-refractivity contribution in [2.45, 2.75) is 6.42 Å². The van der Waals surface area contributed by atoms with E-state index in [0.717, 1.165) is 10.4 Å². The summed E-state index contributed by atoms with van der Waals surface area (Å²) in [5.74, 6) is -0.249. The van der Waals surface area contributed by atoms with Gasteiger partial charge in [-0.2, -0.15) is 0 Å². The highest BCUT2D eigenvalue weighted by atomic mass is 35.5. The van der Waals surface area contributed by atoms with Gasteiger partial charge in [0.15, 0.2) is 5.13 Å². The molecule has 0 atom stereocenters. The van der Waals surface area contributed by atoms with Crippen LogP contribution in [0.15, 0.2) is 24.3 Å². The Morgan fingerprint density at radius 3 is 2.87 bits per heavy atom. The molecule has 0 radical (unpaired) electrons. The van der Waals surface area contributed by atoms with Crippen LogP contribution >= 0.6 is 22.9 Å². The number of halogens is 2. The molecule has 0 saturated heterocycles. The Morgan fingerprint density at radius 1 is 1.47 bits per heavy atom. The summed E-state index contributed by atoms with van der Waals surface area (Å²) in [6, 6.07) is 6.40. The average Bonchev–Trinajstić information content (AvgIpc) is 2.45. The summed E-state index contributed by atoms with van der Waals surface area (Å²) in [5.41, 5.74) is 6.37. The molecule has 1 aromatic heterocycles. The minimum absolute atomic E-state index is 0.249. The van der Waals surface area contributed by atoms with Crippen molar-refractivity contribution in [3.8, 4) is 0 Å². The molecular weight excluding hydrogens is 235 g/mol. The number of nitrogens with zero attached hydrogens (tertiary/aromatic N) is 1. The molecule has 1 aromatic carbocycles. The third-order valence-corrected chi connectivity index (χ3v) is 3.23. The van der Waals surface area contributed by atoms with E-state index in [-0.39, 0.29) is 5.82 Å². The van der Waals surface area contributed by atoms with E-state index in [9.17, 15) is 4.39 Å². The van der Waals surface area contributed by atoms with Crippen molar-refractivity contribution in [3.05, 3.63) is 45.7 Å². The first kappa shape index (κ1) is 10.4. The molecule has 15 heavy (non-hydrogen) atoms. The van der Waals surface area contributed by atoms with Gasteiger partial charge in [0.1, 0.15) is 11.0 Å². The monoisotopic (exact) mass is 242 g/mol. The Hall–Kier alpha value is -1.13. The number of rotatable bonds is 2. The van der Waals surface area contributed by atoms with Crippen LogP contribution in [-0.2, 0) is 6.42 Å². The molecular formula is C10H8ClFN2S. The molecule has 0 amide bonds. The Morgan fingerprint density at radius 2 is 2.27 bits per heavy atom. The molecule has 0 bridgehead atoms. The van der Waals surface area contributed by atoms with Crippen molar-refractivity contribution in [2.24, 2.45) is 0 Å². The van der Waals surface area contributed by atoms with E-state index < -0.39 is 0 Å². The van der Waals surface area contributed by atoms with Crippen molar-refractivity contribution in [3.63, 3.8) is 0 Å². The molecule has 2 nitrogen and oxygen atoms in total. The van der Waals surface area contributed by atoms with Crippen LogP contribution in [0.1, 0.15) is 10.4 Å². The fraction of sp³-hybridized carbons (Fsp3) is 0.100. The zero-order chi connectivity index (χ0) is 10.8. The normalized spacial score (nSPS) is 10.5. The van der Waals surface area contributed by atoms with Gasteiger partial charge in [0.2, 0.25) is 0 Å². The molecule has 2 rings (SSSR count). The first-order valence-corrected chi connectivity index (χ1v) is 5.50. The lowest BCUT2D eigenvalue weighted by Crippen LogP contribution is -1.86. The van der Waals surface area contributed by atoms with E-state index in [4.69, 9.17) is 17.3 Å². The van der Waals surface area contributed by atoms with Gasteiger partial charge in [0, 0.05) is 11.3 Å². The van der Waals surface area contributed by atoms with Crippen molar-refractivity contribution in [1.82, 2.24) is 4.98 Å². The van der Waals surface area contributed by atoms with Crippen molar-refractivity contribution in [1.29, 1.82) is 0 Å². The largest absolute Gasteiger partial charge is 0.375 e. The summed E-state index contributed by atoms with van der Waals surface area (Å²) in [6.07, 6.45) is 0.561. The second-order valence-corrected chi connectivity index (χ2v) is 4.55. The van der Waals surface area contributed by atoms with Crippen molar-refractivity contribution < 1.29 is 4.39 Å². The zero-order valence-electron chi connectivity index (χ0n) is 7.71. The van der Waals surface area contributed by atoms with Crippen LogP contribution in [-0.4, -0.2) is 4.98 Å². The number of thiazole rings is 1. The number of benzene rings is 1. The predicted octanol–water partition coefficient (Wildman–Crippen LogP) is 3.11. The molecule has 2 aromatic rings. The van der Waals surface area contributed by atoms with Gasteiger partial charge in [0.25, 0.3) is 0 Å². The zero-order valence-corrected chi connectivity index (χ0v) is 9.28. The molecule has 0 saturated carbocycles. The lowest BCUT2D eigenvalue weighted by atomic mass is 10.1. The summed E-state index contributed by atoms with van der Waals surface area (Å²) < 4.78 is 12.9. The quantitative estimate of drug-likeness (QED) is 0.879. The maximum atomic E-state index is 12.9. The third kappa shape index (κ3) is 2.46. The Bertz CT molecular complexity index is 484. The average molecular weight is 243 g/mol. The lowest BCUT2D eigenvalue weighted by Gasteiger charge is -1.98. The molecule has 0 spiro atoms. The highest BCUT2D eigenvalue weighted by Crippen LogP contribution is 2.27. The number of anilines is 1. The minimum atomic E-state index is -0.249. The second-order valence-electron chi connectivity index (χ2n) is 3.07. The Kier molecular flexibility index (Phi) is 2.88. The van der Waals surface area contributed by atoms with Crippen molar-refractivity contribution >= 4 is 28.1 Å². The van der Waals surface area contributed by atoms with Crippen LogP contribution in [0.25, 0.3) is 0 Å². The third-order valence-electron chi connectivity index (χ3n) is 1.92. The van der Waals surface area contributed by atoms with Crippen LogP contribution in [0.3, 0.4) is 0 Å². The van der Waals surface area contributed by atoms with Crippen LogP contribution in [0, 0.1) is 5.82 Å². The summed E-state index contributed by atoms with van der Waals surface area (Å²) in [4.78, 5) is 4.76. The summed E-state index contributed by atoms with van der Waals surface area (Å²) in [6.45, 7) is 0. The van der Waals surface area contributed by atoms with Gasteiger partial charge in [-0.3, -0.25) is 0 Å². The van der Waals surface area contributed by atoms with Crippen LogP contribution in [0.5, 0.6) is 0 Å². The first-order chi connectivity index (χ1) is 7.15. The molecule has 0 fully saturated rings. The summed E-state index contributed by atoms with van der Waals surface area (Å²) >= 11 is 7.19. The van der Waals surface area contributed by atoms with E-state index in [0.29, 0.717) is 16.7 Å². The molecule has 2 N–H and O–H groups in total. The van der Waals surface area contributed by atoms with Crippen LogP contribution in [0.4, 0.5) is 9.52 Å². The second kappa shape index (κ2) is 4.16. The highest BCUT2D eigenvalue weighted by Gasteiger charge is 2.08.